The first-order chi connectivity index (χ1) is 11.3. The van der Waals surface area contributed by atoms with E-state index >= 15 is 0 Å². The van der Waals surface area contributed by atoms with Crippen molar-refractivity contribution < 1.29 is 4.52 Å². The molecular formula is C18H22N4OS. The molecule has 5 nitrogen and oxygen atoms in total. The van der Waals surface area contributed by atoms with E-state index in [-0.39, 0.29) is 5.41 Å². The number of aromatic nitrogens is 4. The smallest absolute Gasteiger partial charge is 0.232 e. The molecule has 6 heteroatoms. The predicted octanol–water partition coefficient (Wildman–Crippen LogP) is 4.46. The zero-order chi connectivity index (χ0) is 17.3. The van der Waals surface area contributed by atoms with Gasteiger partial charge in [0.15, 0.2) is 11.0 Å². The highest BCUT2D eigenvalue weighted by Gasteiger charge is 2.22. The largest absolute Gasteiger partial charge is 0.339 e. The Labute approximate surface area is 146 Å². The van der Waals surface area contributed by atoms with Crippen LogP contribution < -0.4 is 0 Å². The Morgan fingerprint density at radius 2 is 2.00 bits per heavy atom. The average Bonchev–Trinajstić information content (AvgIpc) is 3.15. The quantitative estimate of drug-likeness (QED) is 0.655. The van der Waals surface area contributed by atoms with Crippen LogP contribution in [-0.4, -0.2) is 19.7 Å². The van der Waals surface area contributed by atoms with Gasteiger partial charge in [-0.25, -0.2) is 4.98 Å². The minimum Gasteiger partial charge on any atom is -0.339 e. The zero-order valence-corrected chi connectivity index (χ0v) is 15.5. The van der Waals surface area contributed by atoms with E-state index in [1.165, 1.54) is 11.1 Å². The average molecular weight is 342 g/mol. The molecular weight excluding hydrogens is 320 g/mol. The van der Waals surface area contributed by atoms with Gasteiger partial charge in [-0.05, 0) is 31.0 Å². The molecule has 2 heterocycles. The zero-order valence-electron chi connectivity index (χ0n) is 14.7. The van der Waals surface area contributed by atoms with Crippen molar-refractivity contribution in [2.24, 2.45) is 0 Å². The second kappa shape index (κ2) is 6.43. The molecule has 126 valence electrons. The van der Waals surface area contributed by atoms with Crippen molar-refractivity contribution in [3.63, 3.8) is 0 Å². The molecule has 0 saturated carbocycles. The first-order valence-electron chi connectivity index (χ1n) is 7.91. The van der Waals surface area contributed by atoms with Crippen LogP contribution in [-0.2, 0) is 11.2 Å². The Morgan fingerprint density at radius 3 is 2.71 bits per heavy atom. The van der Waals surface area contributed by atoms with Gasteiger partial charge in [0.1, 0.15) is 0 Å². The maximum absolute atomic E-state index is 5.35. The Morgan fingerprint density at radius 1 is 1.21 bits per heavy atom. The van der Waals surface area contributed by atoms with Crippen LogP contribution in [0.15, 0.2) is 40.3 Å². The summed E-state index contributed by atoms with van der Waals surface area (Å²) in [5.41, 5.74) is 3.47. The molecule has 0 saturated heterocycles. The molecule has 1 aromatic carbocycles. The van der Waals surface area contributed by atoms with E-state index < -0.39 is 0 Å². The van der Waals surface area contributed by atoms with Crippen LogP contribution in [0.4, 0.5) is 0 Å². The molecule has 0 aliphatic carbocycles. The molecule has 0 atom stereocenters. The lowest BCUT2D eigenvalue weighted by atomic mass is 9.97. The van der Waals surface area contributed by atoms with Gasteiger partial charge in [0, 0.05) is 17.8 Å². The predicted molar refractivity (Wildman–Crippen MR) is 95.6 cm³/mol. The first-order valence-corrected chi connectivity index (χ1v) is 8.90. The van der Waals surface area contributed by atoms with E-state index in [1.54, 1.807) is 11.8 Å². The number of hydrogen-bond acceptors (Lipinski definition) is 5. The van der Waals surface area contributed by atoms with Crippen LogP contribution >= 0.6 is 11.8 Å². The third-order valence-electron chi connectivity index (χ3n) is 3.67. The first kappa shape index (κ1) is 16.8. The Bertz CT molecular complexity index is 845. The van der Waals surface area contributed by atoms with Gasteiger partial charge in [0.2, 0.25) is 5.89 Å². The number of aryl methyl sites for hydroxylation is 2. The third-order valence-corrected chi connectivity index (χ3v) is 4.63. The minimum absolute atomic E-state index is 0.132. The van der Waals surface area contributed by atoms with E-state index in [0.717, 1.165) is 10.8 Å². The number of thioether (sulfide) groups is 1. The van der Waals surface area contributed by atoms with Crippen LogP contribution in [0.25, 0.3) is 5.69 Å². The van der Waals surface area contributed by atoms with Crippen molar-refractivity contribution in [2.75, 3.05) is 0 Å². The molecule has 3 rings (SSSR count). The summed E-state index contributed by atoms with van der Waals surface area (Å²) < 4.78 is 7.46. The topological polar surface area (TPSA) is 56.7 Å². The molecule has 0 spiro atoms. The van der Waals surface area contributed by atoms with Gasteiger partial charge in [-0.1, -0.05) is 49.8 Å². The van der Waals surface area contributed by atoms with Gasteiger partial charge in [-0.3, -0.25) is 4.57 Å². The number of benzene rings is 1. The molecule has 2 aromatic heterocycles. The Balaban J connectivity index is 1.79. The highest BCUT2D eigenvalue weighted by atomic mass is 32.2. The molecule has 0 N–H and O–H groups in total. The van der Waals surface area contributed by atoms with Crippen LogP contribution in [0.2, 0.25) is 0 Å². The molecule has 0 unspecified atom stereocenters. The second-order valence-electron chi connectivity index (χ2n) is 6.92. The van der Waals surface area contributed by atoms with E-state index in [1.807, 2.05) is 12.4 Å². The summed E-state index contributed by atoms with van der Waals surface area (Å²) >= 11 is 1.61. The third kappa shape index (κ3) is 3.53. The number of rotatable bonds is 4. The summed E-state index contributed by atoms with van der Waals surface area (Å²) in [7, 11) is 0. The van der Waals surface area contributed by atoms with Gasteiger partial charge in [0.05, 0.1) is 11.4 Å². The van der Waals surface area contributed by atoms with Crippen molar-refractivity contribution in [1.82, 2.24) is 19.7 Å². The molecule has 24 heavy (non-hydrogen) atoms. The van der Waals surface area contributed by atoms with Gasteiger partial charge in [0.25, 0.3) is 0 Å². The van der Waals surface area contributed by atoms with Crippen LogP contribution in [0.1, 0.15) is 43.6 Å². The maximum atomic E-state index is 5.35. The summed E-state index contributed by atoms with van der Waals surface area (Å²) in [4.78, 5) is 8.95. The summed E-state index contributed by atoms with van der Waals surface area (Å²) in [6.07, 6.45) is 3.81. The van der Waals surface area contributed by atoms with Crippen molar-refractivity contribution in [2.45, 2.75) is 50.9 Å². The molecule has 0 aliphatic heterocycles. The van der Waals surface area contributed by atoms with Gasteiger partial charge in [-0.15, -0.1) is 0 Å². The Hall–Kier alpha value is -2.08. The lowest BCUT2D eigenvalue weighted by Gasteiger charge is -2.11. The van der Waals surface area contributed by atoms with Crippen molar-refractivity contribution >= 4 is 11.8 Å². The lowest BCUT2D eigenvalue weighted by molar-refractivity contribution is 0.319. The van der Waals surface area contributed by atoms with Gasteiger partial charge in [-0.2, -0.15) is 4.98 Å². The molecule has 3 aromatic rings. The standard InChI is InChI=1S/C18H22N4OS/c1-12-6-7-13(2)14(10-12)22-9-8-19-17(22)24-11-15-20-16(23-21-15)18(3,4)5/h6-10H,11H2,1-5H3. The SMILES string of the molecule is Cc1ccc(C)c(-n2ccnc2SCc2noc(C(C)(C)C)n2)c1. The van der Waals surface area contributed by atoms with Gasteiger partial charge < -0.3 is 4.52 Å². The summed E-state index contributed by atoms with van der Waals surface area (Å²) in [5, 5.41) is 4.99. The van der Waals surface area contributed by atoms with Crippen LogP contribution in [0.3, 0.4) is 0 Å². The normalized spacial score (nSPS) is 11.9. The highest BCUT2D eigenvalue weighted by Crippen LogP contribution is 2.26. The lowest BCUT2D eigenvalue weighted by Crippen LogP contribution is -2.11. The van der Waals surface area contributed by atoms with E-state index in [0.29, 0.717) is 17.5 Å². The van der Waals surface area contributed by atoms with Crippen molar-refractivity contribution in [3.05, 3.63) is 53.4 Å². The molecule has 0 radical (unpaired) electrons. The fourth-order valence-electron chi connectivity index (χ4n) is 2.31. The van der Waals surface area contributed by atoms with Crippen LogP contribution in [0.5, 0.6) is 0 Å². The van der Waals surface area contributed by atoms with Crippen LogP contribution in [0, 0.1) is 13.8 Å². The Kier molecular flexibility index (Phi) is 4.49. The van der Waals surface area contributed by atoms with E-state index in [2.05, 4.69) is 72.5 Å². The van der Waals surface area contributed by atoms with Gasteiger partial charge >= 0.3 is 0 Å². The summed E-state index contributed by atoms with van der Waals surface area (Å²) in [5.74, 6) is 1.98. The molecule has 0 aliphatic rings. The second-order valence-corrected chi connectivity index (χ2v) is 7.87. The van der Waals surface area contributed by atoms with Crippen molar-refractivity contribution in [1.29, 1.82) is 0 Å². The fraction of sp³-hybridized carbons (Fsp3) is 0.389. The van der Waals surface area contributed by atoms with E-state index in [9.17, 15) is 0 Å². The molecule has 0 amide bonds. The minimum atomic E-state index is -0.132. The number of imidazole rings is 1. The molecule has 0 bridgehead atoms. The fourth-order valence-corrected chi connectivity index (χ4v) is 3.11. The summed E-state index contributed by atoms with van der Waals surface area (Å²) in [6, 6.07) is 6.43. The summed E-state index contributed by atoms with van der Waals surface area (Å²) in [6.45, 7) is 10.4. The van der Waals surface area contributed by atoms with E-state index in [4.69, 9.17) is 4.52 Å². The number of nitrogens with zero attached hydrogens (tertiary/aromatic N) is 4. The van der Waals surface area contributed by atoms with Crippen molar-refractivity contribution in [3.8, 4) is 5.69 Å². The molecule has 0 fully saturated rings. The number of hydrogen-bond donors (Lipinski definition) is 0. The maximum Gasteiger partial charge on any atom is 0.232 e. The monoisotopic (exact) mass is 342 g/mol. The highest BCUT2D eigenvalue weighted by molar-refractivity contribution is 7.98.